The Kier molecular flexibility index (Phi) is 8.51. The van der Waals surface area contributed by atoms with Gasteiger partial charge in [-0.05, 0) is 33.1 Å². The van der Waals surface area contributed by atoms with Gasteiger partial charge in [0.1, 0.15) is 0 Å². The van der Waals surface area contributed by atoms with Crippen molar-refractivity contribution >= 4 is 22.6 Å². The van der Waals surface area contributed by atoms with E-state index in [9.17, 15) is 0 Å². The standard InChI is InChI=1S/C12H19I/c1-4-6-7-8-9-10-12(5-2)11(3)13/h4-5,8-9,11H,1,6-7,10H2,2-3H3/b9-8-,12-5-. The summed E-state index contributed by atoms with van der Waals surface area (Å²) in [6.07, 6.45) is 12.0. The van der Waals surface area contributed by atoms with Crippen LogP contribution in [0.1, 0.15) is 33.1 Å². The summed E-state index contributed by atoms with van der Waals surface area (Å²) >= 11 is 2.45. The van der Waals surface area contributed by atoms with Crippen molar-refractivity contribution in [2.45, 2.75) is 37.0 Å². The fourth-order valence-electron chi connectivity index (χ4n) is 1.06. The summed E-state index contributed by atoms with van der Waals surface area (Å²) < 4.78 is 0.645. The molecule has 1 atom stereocenters. The third kappa shape index (κ3) is 7.05. The van der Waals surface area contributed by atoms with Gasteiger partial charge in [-0.3, -0.25) is 0 Å². The van der Waals surface area contributed by atoms with Gasteiger partial charge in [-0.2, -0.15) is 0 Å². The Morgan fingerprint density at radius 3 is 2.54 bits per heavy atom. The Labute approximate surface area is 95.9 Å². The molecule has 1 unspecified atom stereocenters. The SMILES string of the molecule is C=CCC/C=C\C/C(=C/C)C(C)I. The zero-order valence-corrected chi connectivity index (χ0v) is 10.8. The third-order valence-corrected chi connectivity index (χ3v) is 2.74. The van der Waals surface area contributed by atoms with Gasteiger partial charge in [-0.15, -0.1) is 6.58 Å². The van der Waals surface area contributed by atoms with E-state index in [-0.39, 0.29) is 0 Å². The van der Waals surface area contributed by atoms with E-state index in [0.717, 1.165) is 19.3 Å². The molecule has 0 rings (SSSR count). The lowest BCUT2D eigenvalue weighted by Crippen LogP contribution is -1.94. The summed E-state index contributed by atoms with van der Waals surface area (Å²) in [5.41, 5.74) is 1.51. The summed E-state index contributed by atoms with van der Waals surface area (Å²) in [4.78, 5) is 0. The smallest absolute Gasteiger partial charge is 0.0293 e. The van der Waals surface area contributed by atoms with Gasteiger partial charge in [0.25, 0.3) is 0 Å². The van der Waals surface area contributed by atoms with E-state index in [1.165, 1.54) is 5.57 Å². The minimum absolute atomic E-state index is 0.645. The molecule has 74 valence electrons. The molecule has 0 bridgehead atoms. The molecule has 0 fully saturated rings. The van der Waals surface area contributed by atoms with Crippen LogP contribution in [0.5, 0.6) is 0 Å². The lowest BCUT2D eigenvalue weighted by atomic mass is 10.1. The molecule has 1 heteroatoms. The molecule has 0 aromatic heterocycles. The van der Waals surface area contributed by atoms with Crippen LogP contribution in [0.2, 0.25) is 0 Å². The normalized spacial score (nSPS) is 14.8. The van der Waals surface area contributed by atoms with Crippen molar-refractivity contribution < 1.29 is 0 Å². The van der Waals surface area contributed by atoms with Crippen molar-refractivity contribution in [3.05, 3.63) is 36.5 Å². The lowest BCUT2D eigenvalue weighted by Gasteiger charge is -2.05. The monoisotopic (exact) mass is 290 g/mol. The number of hydrogen-bond acceptors (Lipinski definition) is 0. The van der Waals surface area contributed by atoms with Crippen LogP contribution in [-0.4, -0.2) is 3.92 Å². The predicted molar refractivity (Wildman–Crippen MR) is 70.4 cm³/mol. The van der Waals surface area contributed by atoms with Crippen molar-refractivity contribution in [2.24, 2.45) is 0 Å². The minimum atomic E-state index is 0.645. The first kappa shape index (κ1) is 12.9. The number of rotatable bonds is 6. The Balaban J connectivity index is 3.72. The highest BCUT2D eigenvalue weighted by molar-refractivity contribution is 14.1. The second-order valence-electron chi connectivity index (χ2n) is 3.02. The molecule has 0 heterocycles. The summed E-state index contributed by atoms with van der Waals surface area (Å²) in [6, 6.07) is 0. The van der Waals surface area contributed by atoms with Gasteiger partial charge in [0.05, 0.1) is 0 Å². The summed E-state index contributed by atoms with van der Waals surface area (Å²) in [5.74, 6) is 0. The number of alkyl halides is 1. The van der Waals surface area contributed by atoms with Crippen LogP contribution in [0, 0.1) is 0 Å². The summed E-state index contributed by atoms with van der Waals surface area (Å²) in [5, 5.41) is 0. The first-order valence-corrected chi connectivity index (χ1v) is 6.02. The fraction of sp³-hybridized carbons (Fsp3) is 0.500. The van der Waals surface area contributed by atoms with Crippen molar-refractivity contribution in [2.75, 3.05) is 0 Å². The van der Waals surface area contributed by atoms with E-state index in [1.807, 2.05) is 6.08 Å². The maximum Gasteiger partial charge on any atom is 0.0293 e. The van der Waals surface area contributed by atoms with Gasteiger partial charge in [0, 0.05) is 3.92 Å². The molecular weight excluding hydrogens is 271 g/mol. The average molecular weight is 290 g/mol. The largest absolute Gasteiger partial charge is 0.103 e. The molecule has 0 aromatic carbocycles. The zero-order valence-electron chi connectivity index (χ0n) is 8.59. The lowest BCUT2D eigenvalue weighted by molar-refractivity contribution is 1.02. The van der Waals surface area contributed by atoms with E-state index < -0.39 is 0 Å². The molecule has 0 spiro atoms. The molecule has 0 saturated heterocycles. The highest BCUT2D eigenvalue weighted by atomic mass is 127. The number of halogens is 1. The Morgan fingerprint density at radius 1 is 1.38 bits per heavy atom. The predicted octanol–water partition coefficient (Wildman–Crippen LogP) is 4.67. The zero-order chi connectivity index (χ0) is 10.1. The topological polar surface area (TPSA) is 0 Å². The molecule has 0 aromatic rings. The van der Waals surface area contributed by atoms with E-state index in [4.69, 9.17) is 0 Å². The number of unbranched alkanes of at least 4 members (excludes halogenated alkanes) is 1. The van der Waals surface area contributed by atoms with Crippen molar-refractivity contribution in [3.63, 3.8) is 0 Å². The fourth-order valence-corrected chi connectivity index (χ4v) is 1.68. The Hall–Kier alpha value is -0.0500. The van der Waals surface area contributed by atoms with E-state index in [1.54, 1.807) is 0 Å². The number of allylic oxidation sites excluding steroid dienone is 5. The van der Waals surface area contributed by atoms with Crippen LogP contribution < -0.4 is 0 Å². The molecule has 0 aliphatic rings. The Morgan fingerprint density at radius 2 is 2.08 bits per heavy atom. The highest BCUT2D eigenvalue weighted by Crippen LogP contribution is 2.16. The molecule has 0 saturated carbocycles. The third-order valence-electron chi connectivity index (χ3n) is 1.94. The second kappa shape index (κ2) is 8.54. The molecule has 13 heavy (non-hydrogen) atoms. The average Bonchev–Trinajstić information content (AvgIpc) is 2.10. The van der Waals surface area contributed by atoms with Crippen LogP contribution in [-0.2, 0) is 0 Å². The van der Waals surface area contributed by atoms with Gasteiger partial charge in [-0.25, -0.2) is 0 Å². The van der Waals surface area contributed by atoms with Crippen LogP contribution >= 0.6 is 22.6 Å². The summed E-state index contributed by atoms with van der Waals surface area (Å²) in [6.45, 7) is 8.03. The van der Waals surface area contributed by atoms with Gasteiger partial charge in [0.15, 0.2) is 0 Å². The Bertz CT molecular complexity index is 187. The van der Waals surface area contributed by atoms with E-state index in [0.29, 0.717) is 3.92 Å². The van der Waals surface area contributed by atoms with Gasteiger partial charge in [-0.1, -0.05) is 52.5 Å². The second-order valence-corrected chi connectivity index (χ2v) is 4.89. The first-order valence-electron chi connectivity index (χ1n) is 4.77. The van der Waals surface area contributed by atoms with Crippen LogP contribution in [0.3, 0.4) is 0 Å². The molecule has 0 radical (unpaired) electrons. The highest BCUT2D eigenvalue weighted by Gasteiger charge is 1.99. The maximum absolute atomic E-state index is 3.69. The molecular formula is C12H19I. The van der Waals surface area contributed by atoms with Gasteiger partial charge >= 0.3 is 0 Å². The molecule has 0 aliphatic carbocycles. The van der Waals surface area contributed by atoms with Crippen LogP contribution in [0.15, 0.2) is 36.5 Å². The summed E-state index contributed by atoms with van der Waals surface area (Å²) in [7, 11) is 0. The first-order chi connectivity index (χ1) is 6.22. The van der Waals surface area contributed by atoms with Gasteiger partial charge < -0.3 is 0 Å². The quantitative estimate of drug-likeness (QED) is 0.289. The molecule has 0 amide bonds. The van der Waals surface area contributed by atoms with E-state index >= 15 is 0 Å². The van der Waals surface area contributed by atoms with Crippen molar-refractivity contribution in [3.8, 4) is 0 Å². The molecule has 0 nitrogen and oxygen atoms in total. The maximum atomic E-state index is 3.69. The molecule has 0 aliphatic heterocycles. The van der Waals surface area contributed by atoms with Gasteiger partial charge in [0.2, 0.25) is 0 Å². The van der Waals surface area contributed by atoms with Crippen LogP contribution in [0.25, 0.3) is 0 Å². The minimum Gasteiger partial charge on any atom is -0.103 e. The number of hydrogen-bond donors (Lipinski definition) is 0. The van der Waals surface area contributed by atoms with E-state index in [2.05, 4.69) is 61.2 Å². The van der Waals surface area contributed by atoms with Crippen molar-refractivity contribution in [1.29, 1.82) is 0 Å². The van der Waals surface area contributed by atoms with Crippen LogP contribution in [0.4, 0.5) is 0 Å². The molecule has 0 N–H and O–H groups in total. The van der Waals surface area contributed by atoms with Crippen molar-refractivity contribution in [1.82, 2.24) is 0 Å².